The van der Waals surface area contributed by atoms with Crippen molar-refractivity contribution in [1.29, 1.82) is 0 Å². The molecule has 16 heavy (non-hydrogen) atoms. The van der Waals surface area contributed by atoms with Gasteiger partial charge in [-0.2, -0.15) is 0 Å². The lowest BCUT2D eigenvalue weighted by Crippen LogP contribution is -2.45. The molecule has 0 radical (unpaired) electrons. The van der Waals surface area contributed by atoms with Crippen LogP contribution in [-0.2, 0) is 9.53 Å². The molecule has 2 amide bonds. The number of carboxylic acid groups (broad SMARTS) is 1. The van der Waals surface area contributed by atoms with Crippen LogP contribution in [0, 0.1) is 5.92 Å². The van der Waals surface area contributed by atoms with Crippen LogP contribution in [0.5, 0.6) is 0 Å². The summed E-state index contributed by atoms with van der Waals surface area (Å²) in [5.41, 5.74) is 0. The minimum absolute atomic E-state index is 0.366. The fourth-order valence-corrected chi connectivity index (χ4v) is 0.865. The lowest BCUT2D eigenvalue weighted by atomic mass is 10.2. The predicted octanol–water partition coefficient (Wildman–Crippen LogP) is 0.431. The minimum Gasteiger partial charge on any atom is -0.480 e. The molecule has 3 N–H and O–H groups in total. The van der Waals surface area contributed by atoms with E-state index in [1.165, 1.54) is 6.92 Å². The molecule has 0 aliphatic carbocycles. The molecule has 0 spiro atoms. The monoisotopic (exact) mass is 232 g/mol. The number of amides is 2. The van der Waals surface area contributed by atoms with E-state index in [-0.39, 0.29) is 0 Å². The smallest absolute Gasteiger partial charge is 0.325 e. The first-order valence-electron chi connectivity index (χ1n) is 5.28. The second-order valence-corrected chi connectivity index (χ2v) is 3.93. The van der Waals surface area contributed by atoms with Crippen LogP contribution in [0.4, 0.5) is 4.79 Å². The molecular weight excluding hydrogens is 212 g/mol. The number of carboxylic acids is 1. The van der Waals surface area contributed by atoms with Crippen molar-refractivity contribution in [1.82, 2.24) is 10.6 Å². The highest BCUT2D eigenvalue weighted by molar-refractivity contribution is 5.82. The Morgan fingerprint density at radius 3 is 2.44 bits per heavy atom. The summed E-state index contributed by atoms with van der Waals surface area (Å²) in [5.74, 6) is -0.605. The standard InChI is InChI=1S/C10H20N2O4/c1-7(2)6-16-5-4-11-10(15)12-8(3)9(13)14/h7-8H,4-6H2,1-3H3,(H,13,14)(H2,11,12,15)/t8-/m1/s1. The molecule has 0 heterocycles. The van der Waals surface area contributed by atoms with Gasteiger partial charge in [0, 0.05) is 13.2 Å². The third-order valence-electron chi connectivity index (χ3n) is 1.70. The summed E-state index contributed by atoms with van der Waals surface area (Å²) < 4.78 is 5.24. The number of nitrogens with one attached hydrogen (secondary N) is 2. The molecule has 1 atom stereocenters. The number of hydrogen-bond donors (Lipinski definition) is 3. The van der Waals surface area contributed by atoms with Gasteiger partial charge < -0.3 is 20.5 Å². The van der Waals surface area contributed by atoms with E-state index in [9.17, 15) is 9.59 Å². The molecule has 0 aliphatic rings. The Morgan fingerprint density at radius 2 is 1.94 bits per heavy atom. The second kappa shape index (κ2) is 7.92. The van der Waals surface area contributed by atoms with Crippen molar-refractivity contribution in [3.05, 3.63) is 0 Å². The number of ether oxygens (including phenoxy) is 1. The highest BCUT2D eigenvalue weighted by Gasteiger charge is 2.12. The average Bonchev–Trinajstić information content (AvgIpc) is 2.16. The lowest BCUT2D eigenvalue weighted by Gasteiger charge is -2.11. The molecule has 0 bridgehead atoms. The predicted molar refractivity (Wildman–Crippen MR) is 59.3 cm³/mol. The summed E-state index contributed by atoms with van der Waals surface area (Å²) in [6, 6.07) is -1.39. The maximum Gasteiger partial charge on any atom is 0.325 e. The van der Waals surface area contributed by atoms with Gasteiger partial charge in [0.1, 0.15) is 6.04 Å². The van der Waals surface area contributed by atoms with E-state index >= 15 is 0 Å². The zero-order chi connectivity index (χ0) is 12.6. The van der Waals surface area contributed by atoms with Gasteiger partial charge in [0.15, 0.2) is 0 Å². The Bertz CT molecular complexity index is 231. The molecule has 0 aromatic heterocycles. The SMILES string of the molecule is CC(C)COCCNC(=O)N[C@H](C)C(=O)O. The van der Waals surface area contributed by atoms with Crippen molar-refractivity contribution in [3.63, 3.8) is 0 Å². The molecule has 0 aromatic rings. The van der Waals surface area contributed by atoms with Crippen molar-refractivity contribution in [2.45, 2.75) is 26.8 Å². The van der Waals surface area contributed by atoms with Gasteiger partial charge in [0.25, 0.3) is 0 Å². The number of carbonyl (C=O) groups excluding carboxylic acids is 1. The molecule has 0 aromatic carbocycles. The fourth-order valence-electron chi connectivity index (χ4n) is 0.865. The molecule has 0 fully saturated rings. The first kappa shape index (κ1) is 14.7. The van der Waals surface area contributed by atoms with Crippen LogP contribution in [0.3, 0.4) is 0 Å². The maximum absolute atomic E-state index is 11.1. The molecule has 94 valence electrons. The van der Waals surface area contributed by atoms with Gasteiger partial charge in [-0.25, -0.2) is 4.79 Å². The molecule has 0 aliphatic heterocycles. The maximum atomic E-state index is 11.1. The van der Waals surface area contributed by atoms with Crippen LogP contribution >= 0.6 is 0 Å². The summed E-state index contributed by atoms with van der Waals surface area (Å²) in [6.07, 6.45) is 0. The van der Waals surface area contributed by atoms with Crippen LogP contribution in [0.25, 0.3) is 0 Å². The van der Waals surface area contributed by atoms with E-state index in [1.54, 1.807) is 0 Å². The van der Waals surface area contributed by atoms with Crippen molar-refractivity contribution < 1.29 is 19.4 Å². The van der Waals surface area contributed by atoms with Crippen molar-refractivity contribution >= 4 is 12.0 Å². The lowest BCUT2D eigenvalue weighted by molar-refractivity contribution is -0.138. The number of urea groups is 1. The Balaban J connectivity index is 3.48. The average molecular weight is 232 g/mol. The van der Waals surface area contributed by atoms with E-state index in [0.717, 1.165) is 0 Å². The van der Waals surface area contributed by atoms with Crippen LogP contribution < -0.4 is 10.6 Å². The van der Waals surface area contributed by atoms with Crippen LogP contribution in [0.15, 0.2) is 0 Å². The molecule has 6 nitrogen and oxygen atoms in total. The second-order valence-electron chi connectivity index (χ2n) is 3.93. The molecular formula is C10H20N2O4. The third-order valence-corrected chi connectivity index (χ3v) is 1.70. The van der Waals surface area contributed by atoms with Crippen LogP contribution in [-0.4, -0.2) is 42.9 Å². The fraction of sp³-hybridized carbons (Fsp3) is 0.800. The van der Waals surface area contributed by atoms with Crippen LogP contribution in [0.2, 0.25) is 0 Å². The largest absolute Gasteiger partial charge is 0.480 e. The topological polar surface area (TPSA) is 87.7 Å². The van der Waals surface area contributed by atoms with Crippen molar-refractivity contribution in [3.8, 4) is 0 Å². The number of hydrogen-bond acceptors (Lipinski definition) is 3. The highest BCUT2D eigenvalue weighted by Crippen LogP contribution is 1.90. The summed E-state index contributed by atoms with van der Waals surface area (Å²) in [5, 5.41) is 13.3. The normalized spacial score (nSPS) is 12.2. The first-order chi connectivity index (χ1) is 7.43. The Labute approximate surface area is 95.4 Å². The van der Waals surface area contributed by atoms with Crippen LogP contribution in [0.1, 0.15) is 20.8 Å². The summed E-state index contributed by atoms with van der Waals surface area (Å²) in [6.45, 7) is 6.91. The highest BCUT2D eigenvalue weighted by atomic mass is 16.5. The summed E-state index contributed by atoms with van der Waals surface area (Å²) in [7, 11) is 0. The summed E-state index contributed by atoms with van der Waals surface area (Å²) in [4.78, 5) is 21.5. The van der Waals surface area contributed by atoms with Gasteiger partial charge in [-0.15, -0.1) is 0 Å². The number of rotatable bonds is 7. The zero-order valence-corrected chi connectivity index (χ0v) is 9.95. The first-order valence-corrected chi connectivity index (χ1v) is 5.28. The number of aliphatic carboxylic acids is 1. The summed E-state index contributed by atoms with van der Waals surface area (Å²) >= 11 is 0. The zero-order valence-electron chi connectivity index (χ0n) is 9.95. The van der Waals surface area contributed by atoms with Gasteiger partial charge in [-0.1, -0.05) is 13.8 Å². The van der Waals surface area contributed by atoms with Gasteiger partial charge in [0.2, 0.25) is 0 Å². The van der Waals surface area contributed by atoms with Crippen molar-refractivity contribution in [2.24, 2.45) is 5.92 Å². The Kier molecular flexibility index (Phi) is 7.28. The molecule has 0 saturated carbocycles. The Hall–Kier alpha value is -1.30. The van der Waals surface area contributed by atoms with E-state index in [1.807, 2.05) is 13.8 Å². The van der Waals surface area contributed by atoms with Gasteiger partial charge >= 0.3 is 12.0 Å². The van der Waals surface area contributed by atoms with Gasteiger partial charge in [-0.05, 0) is 12.8 Å². The quantitative estimate of drug-likeness (QED) is 0.555. The molecule has 0 rings (SSSR count). The van der Waals surface area contributed by atoms with E-state index in [4.69, 9.17) is 9.84 Å². The minimum atomic E-state index is -1.06. The Morgan fingerprint density at radius 1 is 1.31 bits per heavy atom. The number of carbonyl (C=O) groups is 2. The molecule has 6 heteroatoms. The molecule has 0 saturated heterocycles. The van der Waals surface area contributed by atoms with Gasteiger partial charge in [-0.3, -0.25) is 4.79 Å². The van der Waals surface area contributed by atoms with E-state index in [0.29, 0.717) is 25.7 Å². The third kappa shape index (κ3) is 8.05. The van der Waals surface area contributed by atoms with E-state index in [2.05, 4.69) is 10.6 Å². The van der Waals surface area contributed by atoms with Crippen molar-refractivity contribution in [2.75, 3.05) is 19.8 Å². The van der Waals surface area contributed by atoms with Gasteiger partial charge in [0.05, 0.1) is 6.61 Å². The molecule has 0 unspecified atom stereocenters. The van der Waals surface area contributed by atoms with E-state index < -0.39 is 18.0 Å².